The molecule has 0 amide bonds. The number of nitrogens with two attached hydrogens (primary N) is 2. The lowest BCUT2D eigenvalue weighted by Crippen LogP contribution is -2.49. The van der Waals surface area contributed by atoms with Crippen LogP contribution in [-0.2, 0) is 0 Å². The van der Waals surface area contributed by atoms with Crippen molar-refractivity contribution in [2.75, 3.05) is 39.0 Å². The zero-order valence-corrected chi connectivity index (χ0v) is 18.6. The molecule has 4 aliphatic heterocycles. The average Bonchev–Trinajstić information content (AvgIpc) is 3.08. The monoisotopic (exact) mass is 438 g/mol. The third-order valence-electron chi connectivity index (χ3n) is 6.67. The van der Waals surface area contributed by atoms with Crippen LogP contribution in [0, 0.1) is 5.82 Å². The van der Waals surface area contributed by atoms with E-state index in [1.54, 1.807) is 6.07 Å². The van der Waals surface area contributed by atoms with E-state index >= 15 is 0 Å². The molecule has 1 fully saturated rings. The maximum absolute atomic E-state index is 14.4. The van der Waals surface area contributed by atoms with Crippen LogP contribution >= 0.6 is 0 Å². The molecule has 0 aromatic heterocycles. The summed E-state index contributed by atoms with van der Waals surface area (Å²) in [6.45, 7) is 5.17. The van der Waals surface area contributed by atoms with E-state index in [1.165, 1.54) is 11.6 Å². The molecule has 8 nitrogen and oxygen atoms in total. The zero-order valence-electron chi connectivity index (χ0n) is 18.6. The SMILES string of the molecule is CC1NN(C)C2=C1C=C(C1=C(c3ccc(N)c(F)c3)N=C(N3CCC(N)CC3)NC1)CN2. The quantitative estimate of drug-likeness (QED) is 0.440. The van der Waals surface area contributed by atoms with Gasteiger partial charge in [0.1, 0.15) is 11.6 Å². The van der Waals surface area contributed by atoms with Gasteiger partial charge in [-0.2, -0.15) is 0 Å². The van der Waals surface area contributed by atoms with Crippen LogP contribution in [0.4, 0.5) is 10.1 Å². The van der Waals surface area contributed by atoms with Crippen molar-refractivity contribution in [3.8, 4) is 0 Å². The fourth-order valence-electron chi connectivity index (χ4n) is 4.79. The molecular weight excluding hydrogens is 407 g/mol. The number of benzene rings is 1. The first-order valence-corrected chi connectivity index (χ1v) is 11.2. The number of likely N-dealkylation sites (tertiary alicyclic amines) is 1. The van der Waals surface area contributed by atoms with Gasteiger partial charge in [-0.3, -0.25) is 5.01 Å². The Kier molecular flexibility index (Phi) is 5.30. The van der Waals surface area contributed by atoms with Gasteiger partial charge < -0.3 is 27.0 Å². The van der Waals surface area contributed by atoms with Crippen molar-refractivity contribution in [1.29, 1.82) is 0 Å². The zero-order chi connectivity index (χ0) is 22.4. The van der Waals surface area contributed by atoms with Crippen molar-refractivity contribution < 1.29 is 4.39 Å². The maximum atomic E-state index is 14.4. The third-order valence-corrected chi connectivity index (χ3v) is 6.67. The van der Waals surface area contributed by atoms with Crippen LogP contribution < -0.4 is 27.5 Å². The number of halogens is 1. The normalized spacial score (nSPS) is 24.2. The molecule has 4 heterocycles. The lowest BCUT2D eigenvalue weighted by Gasteiger charge is -2.35. The van der Waals surface area contributed by atoms with Gasteiger partial charge in [-0.25, -0.2) is 14.8 Å². The number of hydrogen-bond acceptors (Lipinski definition) is 8. The third kappa shape index (κ3) is 3.71. The molecule has 0 aliphatic carbocycles. The minimum Gasteiger partial charge on any atom is -0.396 e. The number of dihydropyridines is 1. The van der Waals surface area contributed by atoms with Gasteiger partial charge in [-0.1, -0.05) is 6.07 Å². The summed E-state index contributed by atoms with van der Waals surface area (Å²) in [4.78, 5) is 7.24. The standard InChI is InChI=1S/C23H31FN8/c1-13-17-9-15(11-27-22(17)31(2)30-13)18-12-28-23(32-7-5-16(25)6-8-32)29-21(18)14-3-4-20(26)19(24)10-14/h3-4,9-10,13,16,27,30H,5-8,11-12,25-26H2,1-2H3,(H,28,29). The van der Waals surface area contributed by atoms with Gasteiger partial charge in [-0.15, -0.1) is 0 Å². The van der Waals surface area contributed by atoms with E-state index in [0.717, 1.165) is 60.1 Å². The number of aliphatic imine (C=N–C) groups is 1. The highest BCUT2D eigenvalue weighted by atomic mass is 19.1. The second-order valence-corrected chi connectivity index (χ2v) is 8.91. The molecule has 5 rings (SSSR count). The molecule has 0 spiro atoms. The second-order valence-electron chi connectivity index (χ2n) is 8.91. The summed E-state index contributed by atoms with van der Waals surface area (Å²) in [5.41, 5.74) is 20.3. The molecule has 0 bridgehead atoms. The molecule has 1 atom stereocenters. The van der Waals surface area contributed by atoms with Gasteiger partial charge in [0.2, 0.25) is 0 Å². The van der Waals surface area contributed by atoms with E-state index in [1.807, 2.05) is 18.1 Å². The summed E-state index contributed by atoms with van der Waals surface area (Å²) < 4.78 is 14.4. The van der Waals surface area contributed by atoms with Gasteiger partial charge in [0, 0.05) is 56.0 Å². The van der Waals surface area contributed by atoms with Gasteiger partial charge >= 0.3 is 0 Å². The maximum Gasteiger partial charge on any atom is 0.199 e. The van der Waals surface area contributed by atoms with Gasteiger partial charge in [0.15, 0.2) is 5.96 Å². The van der Waals surface area contributed by atoms with Gasteiger partial charge in [0.25, 0.3) is 0 Å². The Labute approximate surface area is 187 Å². The van der Waals surface area contributed by atoms with Crippen LogP contribution in [0.3, 0.4) is 0 Å². The lowest BCUT2D eigenvalue weighted by atomic mass is 9.93. The van der Waals surface area contributed by atoms with E-state index < -0.39 is 5.82 Å². The topological polar surface area (TPSA) is 107 Å². The van der Waals surface area contributed by atoms with Crippen LogP contribution in [0.25, 0.3) is 5.70 Å². The first-order chi connectivity index (χ1) is 15.4. The van der Waals surface area contributed by atoms with Crippen molar-refractivity contribution in [1.82, 2.24) is 26.0 Å². The predicted octanol–water partition coefficient (Wildman–Crippen LogP) is 1.08. The van der Waals surface area contributed by atoms with Crippen LogP contribution in [0.15, 0.2) is 51.8 Å². The number of piperidine rings is 1. The average molecular weight is 439 g/mol. The molecule has 9 heteroatoms. The molecule has 0 saturated carbocycles. The van der Waals surface area contributed by atoms with Crippen molar-refractivity contribution in [3.05, 3.63) is 58.2 Å². The van der Waals surface area contributed by atoms with Crippen molar-refractivity contribution in [3.63, 3.8) is 0 Å². The van der Waals surface area contributed by atoms with E-state index in [9.17, 15) is 4.39 Å². The fourth-order valence-corrected chi connectivity index (χ4v) is 4.79. The Morgan fingerprint density at radius 3 is 2.69 bits per heavy atom. The van der Waals surface area contributed by atoms with E-state index in [-0.39, 0.29) is 17.8 Å². The van der Waals surface area contributed by atoms with Crippen LogP contribution in [0.2, 0.25) is 0 Å². The highest BCUT2D eigenvalue weighted by Crippen LogP contribution is 2.33. The fraction of sp³-hybridized carbons (Fsp3) is 0.435. The van der Waals surface area contributed by atoms with Crippen molar-refractivity contribution in [2.45, 2.75) is 31.8 Å². The number of rotatable bonds is 2. The highest BCUT2D eigenvalue weighted by molar-refractivity contribution is 5.91. The second kappa shape index (κ2) is 8.14. The van der Waals surface area contributed by atoms with Crippen LogP contribution in [-0.4, -0.2) is 61.2 Å². The molecule has 7 N–H and O–H groups in total. The molecule has 1 saturated heterocycles. The lowest BCUT2D eigenvalue weighted by molar-refractivity contribution is 0.299. The van der Waals surface area contributed by atoms with E-state index in [4.69, 9.17) is 16.5 Å². The summed E-state index contributed by atoms with van der Waals surface area (Å²) in [5, 5.41) is 9.05. The predicted molar refractivity (Wildman–Crippen MR) is 125 cm³/mol. The smallest absolute Gasteiger partial charge is 0.199 e. The summed E-state index contributed by atoms with van der Waals surface area (Å²) >= 11 is 0. The van der Waals surface area contributed by atoms with Gasteiger partial charge in [0.05, 0.1) is 17.4 Å². The molecular formula is C23H31FN8. The van der Waals surface area contributed by atoms with Crippen LogP contribution in [0.5, 0.6) is 0 Å². The number of nitrogens with one attached hydrogen (secondary N) is 3. The molecule has 0 radical (unpaired) electrons. The summed E-state index contributed by atoms with van der Waals surface area (Å²) in [7, 11) is 2.01. The van der Waals surface area contributed by atoms with Gasteiger partial charge in [-0.05, 0) is 43.5 Å². The Balaban J connectivity index is 1.57. The molecule has 4 aliphatic rings. The Bertz CT molecular complexity index is 1050. The highest BCUT2D eigenvalue weighted by Gasteiger charge is 2.31. The molecule has 1 aromatic carbocycles. The minimum absolute atomic E-state index is 0.140. The summed E-state index contributed by atoms with van der Waals surface area (Å²) in [5.74, 6) is 1.50. The van der Waals surface area contributed by atoms with E-state index in [2.05, 4.69) is 34.0 Å². The Morgan fingerprint density at radius 1 is 1.16 bits per heavy atom. The van der Waals surface area contributed by atoms with Crippen molar-refractivity contribution >= 4 is 17.3 Å². The first-order valence-electron chi connectivity index (χ1n) is 11.2. The number of nitrogens with zero attached hydrogens (tertiary/aromatic N) is 3. The van der Waals surface area contributed by atoms with Crippen molar-refractivity contribution in [2.24, 2.45) is 10.7 Å². The number of anilines is 1. The number of hydrogen-bond donors (Lipinski definition) is 5. The minimum atomic E-state index is -0.426. The first kappa shape index (κ1) is 20.8. The molecule has 170 valence electrons. The largest absolute Gasteiger partial charge is 0.396 e. The molecule has 32 heavy (non-hydrogen) atoms. The summed E-state index contributed by atoms with van der Waals surface area (Å²) in [6, 6.07) is 5.40. The number of nitrogen functional groups attached to an aromatic ring is 1. The summed E-state index contributed by atoms with van der Waals surface area (Å²) in [6.07, 6.45) is 4.11. The molecule has 1 aromatic rings. The molecule has 1 unspecified atom stereocenters. The van der Waals surface area contributed by atoms with E-state index in [0.29, 0.717) is 13.1 Å². The Hall–Kier alpha value is -3.04. The Morgan fingerprint density at radius 2 is 1.94 bits per heavy atom. The number of guanidine groups is 1. The van der Waals surface area contributed by atoms with Crippen LogP contribution in [0.1, 0.15) is 25.3 Å². The number of hydrazine groups is 1.